The Hall–Kier alpha value is 0.0900. The normalized spacial score (nSPS) is 29.6. The van der Waals surface area contributed by atoms with Gasteiger partial charge in [-0.15, -0.1) is 0 Å². The average Bonchev–Trinajstić information content (AvgIpc) is 2.02. The van der Waals surface area contributed by atoms with Crippen molar-refractivity contribution in [3.63, 3.8) is 0 Å². The molecule has 14 heavy (non-hydrogen) atoms. The number of rotatable bonds is 3. The topological polar surface area (TPSA) is 0 Å². The van der Waals surface area contributed by atoms with Gasteiger partial charge in [0.15, 0.2) is 0 Å². The molecule has 84 valence electrons. The third-order valence-corrected chi connectivity index (χ3v) is 5.31. The van der Waals surface area contributed by atoms with Crippen molar-refractivity contribution in [1.82, 2.24) is 0 Å². The molecule has 0 aromatic carbocycles. The Kier molecular flexibility index (Phi) is 4.12. The van der Waals surface area contributed by atoms with Crippen LogP contribution in [0.3, 0.4) is 0 Å². The van der Waals surface area contributed by atoms with Crippen LogP contribution < -0.4 is 0 Å². The first-order valence-electron chi connectivity index (χ1n) is 5.75. The summed E-state index contributed by atoms with van der Waals surface area (Å²) >= 11 is 0. The number of allylic oxidation sites excluding steroid dienone is 1. The van der Waals surface area contributed by atoms with Gasteiger partial charge in [0, 0.05) is 5.25 Å². The molecule has 1 aliphatic carbocycles. The second kappa shape index (κ2) is 4.74. The first-order valence-corrected chi connectivity index (χ1v) is 8.67. The molecule has 0 spiro atoms. The highest BCUT2D eigenvalue weighted by Gasteiger charge is 2.22. The average molecular weight is 214 g/mol. The minimum atomic E-state index is -0.365. The van der Waals surface area contributed by atoms with Crippen LogP contribution >= 0.6 is 10.0 Å². The molecule has 2 unspecified atom stereocenters. The summed E-state index contributed by atoms with van der Waals surface area (Å²) in [4.78, 5) is 0. The molecule has 2 atom stereocenters. The van der Waals surface area contributed by atoms with Crippen LogP contribution in [0.2, 0.25) is 0 Å². The second-order valence-corrected chi connectivity index (χ2v) is 10.3. The summed E-state index contributed by atoms with van der Waals surface area (Å²) in [5.74, 6) is 1.72. The van der Waals surface area contributed by atoms with Crippen molar-refractivity contribution in [3.8, 4) is 0 Å². The predicted octanol–water partition coefficient (Wildman–Crippen LogP) is 4.06. The largest absolute Gasteiger partial charge is 0.243 e. The van der Waals surface area contributed by atoms with Gasteiger partial charge in [-0.05, 0) is 49.9 Å². The van der Waals surface area contributed by atoms with Gasteiger partial charge in [0.25, 0.3) is 0 Å². The minimum Gasteiger partial charge on any atom is -0.243 e. The van der Waals surface area contributed by atoms with Crippen LogP contribution in [0.1, 0.15) is 33.1 Å². The Bertz CT molecular complexity index is 198. The lowest BCUT2D eigenvalue weighted by Crippen LogP contribution is -2.19. The van der Waals surface area contributed by atoms with Crippen molar-refractivity contribution >= 4 is 10.0 Å². The zero-order valence-electron chi connectivity index (χ0n) is 10.4. The molecular formula is C13H26S. The van der Waals surface area contributed by atoms with Crippen LogP contribution in [0.25, 0.3) is 0 Å². The van der Waals surface area contributed by atoms with E-state index < -0.39 is 0 Å². The van der Waals surface area contributed by atoms with E-state index in [9.17, 15) is 0 Å². The van der Waals surface area contributed by atoms with E-state index in [0.717, 1.165) is 17.1 Å². The molecule has 1 rings (SSSR count). The molecule has 0 bridgehead atoms. The minimum absolute atomic E-state index is 0.365. The molecule has 1 heteroatoms. The molecule has 1 aliphatic rings. The maximum Gasteiger partial charge on any atom is 0.00621 e. The summed E-state index contributed by atoms with van der Waals surface area (Å²) in [5.41, 5.74) is 0. The highest BCUT2D eigenvalue weighted by Crippen LogP contribution is 2.46. The zero-order chi connectivity index (χ0) is 10.8. The van der Waals surface area contributed by atoms with Gasteiger partial charge in [0.05, 0.1) is 0 Å². The van der Waals surface area contributed by atoms with Crippen molar-refractivity contribution in [3.05, 3.63) is 12.2 Å². The van der Waals surface area contributed by atoms with E-state index in [1.807, 2.05) is 0 Å². The maximum absolute atomic E-state index is 2.51. The van der Waals surface area contributed by atoms with Gasteiger partial charge >= 0.3 is 0 Å². The van der Waals surface area contributed by atoms with Crippen LogP contribution in [-0.4, -0.2) is 24.0 Å². The number of hydrogen-bond donors (Lipinski definition) is 0. The van der Waals surface area contributed by atoms with Gasteiger partial charge in [-0.2, -0.15) is 0 Å². The fraction of sp³-hybridized carbons (Fsp3) is 0.846. The first-order chi connectivity index (χ1) is 6.39. The summed E-state index contributed by atoms with van der Waals surface area (Å²) in [5, 5.41) is 0.880. The van der Waals surface area contributed by atoms with Gasteiger partial charge in [0.2, 0.25) is 0 Å². The molecule has 0 N–H and O–H groups in total. The summed E-state index contributed by atoms with van der Waals surface area (Å²) in [6.07, 6.45) is 16.5. The Morgan fingerprint density at radius 2 is 1.79 bits per heavy atom. The summed E-state index contributed by atoms with van der Waals surface area (Å²) < 4.78 is 0. The van der Waals surface area contributed by atoms with Gasteiger partial charge < -0.3 is 0 Å². The molecule has 0 nitrogen and oxygen atoms in total. The molecular weight excluding hydrogens is 188 g/mol. The quantitative estimate of drug-likeness (QED) is 0.622. The highest BCUT2D eigenvalue weighted by molar-refractivity contribution is 8.32. The molecule has 0 aliphatic heterocycles. The van der Waals surface area contributed by atoms with Crippen LogP contribution in [0.5, 0.6) is 0 Å². The maximum atomic E-state index is 2.51. The smallest absolute Gasteiger partial charge is 0.00621 e. The third kappa shape index (κ3) is 3.68. The molecule has 0 aromatic rings. The van der Waals surface area contributed by atoms with Gasteiger partial charge in [-0.25, -0.2) is 10.0 Å². The molecule has 0 saturated carbocycles. The van der Waals surface area contributed by atoms with Crippen molar-refractivity contribution in [2.75, 3.05) is 18.8 Å². The van der Waals surface area contributed by atoms with Crippen molar-refractivity contribution < 1.29 is 0 Å². The fourth-order valence-electron chi connectivity index (χ4n) is 2.24. The standard InChI is InChI=1S/C13H26S/c1-11(2)10-12-6-8-13(9-7-12)14(3,4)5/h6,8,11-13H,7,9-10H2,1-5H3. The first kappa shape index (κ1) is 12.2. The Labute approximate surface area is 91.5 Å². The van der Waals surface area contributed by atoms with Crippen LogP contribution in [0, 0.1) is 11.8 Å². The lowest BCUT2D eigenvalue weighted by Gasteiger charge is -2.37. The second-order valence-electron chi connectivity index (χ2n) is 5.82. The van der Waals surface area contributed by atoms with Gasteiger partial charge in [-0.3, -0.25) is 0 Å². The lowest BCUT2D eigenvalue weighted by atomic mass is 9.88. The van der Waals surface area contributed by atoms with Crippen molar-refractivity contribution in [1.29, 1.82) is 0 Å². The summed E-state index contributed by atoms with van der Waals surface area (Å²) in [6, 6.07) is 0. The summed E-state index contributed by atoms with van der Waals surface area (Å²) in [7, 11) is -0.365. The van der Waals surface area contributed by atoms with E-state index in [1.165, 1.54) is 19.3 Å². The van der Waals surface area contributed by atoms with Crippen molar-refractivity contribution in [2.24, 2.45) is 11.8 Å². The third-order valence-electron chi connectivity index (χ3n) is 3.10. The molecule has 0 heterocycles. The van der Waals surface area contributed by atoms with Crippen molar-refractivity contribution in [2.45, 2.75) is 38.4 Å². The molecule has 0 aromatic heterocycles. The molecule has 0 amide bonds. The van der Waals surface area contributed by atoms with E-state index in [2.05, 4.69) is 44.8 Å². The van der Waals surface area contributed by atoms with Crippen LogP contribution in [0.15, 0.2) is 12.2 Å². The molecule has 0 fully saturated rings. The fourth-order valence-corrected chi connectivity index (χ4v) is 3.65. The summed E-state index contributed by atoms with van der Waals surface area (Å²) in [6.45, 7) is 4.66. The molecule has 0 saturated heterocycles. The SMILES string of the molecule is CC(C)CC1C=CC(S(C)(C)C)CC1. The van der Waals surface area contributed by atoms with E-state index in [1.54, 1.807) is 0 Å². The molecule has 0 radical (unpaired) electrons. The zero-order valence-corrected chi connectivity index (χ0v) is 11.2. The van der Waals surface area contributed by atoms with Gasteiger partial charge in [-0.1, -0.05) is 26.0 Å². The van der Waals surface area contributed by atoms with Crippen LogP contribution in [0.4, 0.5) is 0 Å². The lowest BCUT2D eigenvalue weighted by molar-refractivity contribution is 0.432. The van der Waals surface area contributed by atoms with Crippen LogP contribution in [-0.2, 0) is 0 Å². The van der Waals surface area contributed by atoms with Gasteiger partial charge in [0.1, 0.15) is 0 Å². The number of hydrogen-bond acceptors (Lipinski definition) is 0. The van der Waals surface area contributed by atoms with E-state index >= 15 is 0 Å². The monoisotopic (exact) mass is 214 g/mol. The highest BCUT2D eigenvalue weighted by atomic mass is 32.3. The Balaban J connectivity index is 2.47. The Morgan fingerprint density at radius 1 is 1.14 bits per heavy atom. The Morgan fingerprint density at radius 3 is 2.14 bits per heavy atom. The van der Waals surface area contributed by atoms with E-state index in [4.69, 9.17) is 0 Å². The van der Waals surface area contributed by atoms with E-state index in [0.29, 0.717) is 0 Å². The van der Waals surface area contributed by atoms with E-state index in [-0.39, 0.29) is 10.0 Å². The predicted molar refractivity (Wildman–Crippen MR) is 70.5 cm³/mol.